The summed E-state index contributed by atoms with van der Waals surface area (Å²) in [6.45, 7) is 2.17. The van der Waals surface area contributed by atoms with E-state index < -0.39 is 10.8 Å². The Bertz CT molecular complexity index is 470. The number of hydrogen-bond donors (Lipinski definition) is 0. The molecule has 3 atom stereocenters. The Morgan fingerprint density at radius 3 is 2.63 bits per heavy atom. The fraction of sp³-hybridized carbons (Fsp3) is 0.533. The fourth-order valence-corrected chi connectivity index (χ4v) is 4.22. The summed E-state index contributed by atoms with van der Waals surface area (Å²) in [5.74, 6) is 0.141. The van der Waals surface area contributed by atoms with Gasteiger partial charge in [0.05, 0.1) is 5.75 Å². The maximum atomic E-state index is 12.8. The average molecular weight is 282 g/mol. The summed E-state index contributed by atoms with van der Waals surface area (Å²) in [6.07, 6.45) is 4.19. The first kappa shape index (κ1) is 14.4. The van der Waals surface area contributed by atoms with Crippen molar-refractivity contribution in [1.82, 2.24) is 0 Å². The molecule has 1 aliphatic rings. The molecular weight excluding hydrogens is 263 g/mol. The Kier molecular flexibility index (Phi) is 4.86. The molecule has 1 aliphatic carbocycles. The zero-order chi connectivity index (χ0) is 13.8. The summed E-state index contributed by atoms with van der Waals surface area (Å²) in [5, 5.41) is 0.146. The van der Waals surface area contributed by atoms with Crippen LogP contribution in [0.5, 0.6) is 0 Å². The molecule has 19 heavy (non-hydrogen) atoms. The Labute approximate surface area is 115 Å². The quantitative estimate of drug-likeness (QED) is 0.794. The first-order chi connectivity index (χ1) is 9.06. The van der Waals surface area contributed by atoms with E-state index in [0.717, 1.165) is 19.3 Å². The van der Waals surface area contributed by atoms with Gasteiger partial charge in [0.2, 0.25) is 0 Å². The number of rotatable bonds is 4. The molecule has 2 nitrogen and oxygen atoms in total. The van der Waals surface area contributed by atoms with Gasteiger partial charge in [-0.15, -0.1) is 0 Å². The highest BCUT2D eigenvalue weighted by Crippen LogP contribution is 2.27. The first-order valence-electron chi connectivity index (χ1n) is 6.72. The lowest BCUT2D eigenvalue weighted by Crippen LogP contribution is -2.27. The minimum Gasteiger partial charge on any atom is -0.293 e. The Hall–Kier alpha value is -1.03. The summed E-state index contributed by atoms with van der Waals surface area (Å²) in [6, 6.07) is 5.44. The highest BCUT2D eigenvalue weighted by Gasteiger charge is 2.25. The van der Waals surface area contributed by atoms with E-state index in [1.54, 1.807) is 0 Å². The molecular formula is C15H19FO2S. The van der Waals surface area contributed by atoms with Crippen LogP contribution in [0, 0.1) is 11.7 Å². The number of halogens is 1. The molecule has 0 heterocycles. The van der Waals surface area contributed by atoms with Crippen LogP contribution >= 0.6 is 0 Å². The number of benzene rings is 1. The summed E-state index contributed by atoms with van der Waals surface area (Å²) in [7, 11) is -1.11. The molecule has 4 heteroatoms. The SMILES string of the molecule is CC1CCCC(S(=O)CC(=O)c2ccc(F)cc2)C1. The second kappa shape index (κ2) is 6.42. The second-order valence-electron chi connectivity index (χ2n) is 5.35. The van der Waals surface area contributed by atoms with Crippen molar-refractivity contribution < 1.29 is 13.4 Å². The molecule has 2 rings (SSSR count). The van der Waals surface area contributed by atoms with E-state index in [0.29, 0.717) is 11.5 Å². The van der Waals surface area contributed by atoms with Crippen molar-refractivity contribution in [3.63, 3.8) is 0 Å². The molecule has 1 aromatic rings. The normalized spacial score (nSPS) is 24.9. The van der Waals surface area contributed by atoms with Crippen molar-refractivity contribution in [1.29, 1.82) is 0 Å². The lowest BCUT2D eigenvalue weighted by Gasteiger charge is -2.25. The summed E-state index contributed by atoms with van der Waals surface area (Å²) >= 11 is 0. The lowest BCUT2D eigenvalue weighted by molar-refractivity contribution is 0.102. The minimum atomic E-state index is -1.11. The molecule has 3 unspecified atom stereocenters. The van der Waals surface area contributed by atoms with Crippen molar-refractivity contribution >= 4 is 16.6 Å². The van der Waals surface area contributed by atoms with Crippen LogP contribution in [0.1, 0.15) is 43.0 Å². The van der Waals surface area contributed by atoms with Crippen molar-refractivity contribution in [3.8, 4) is 0 Å². The van der Waals surface area contributed by atoms with Crippen LogP contribution in [0.4, 0.5) is 4.39 Å². The predicted molar refractivity (Wildman–Crippen MR) is 75.2 cm³/mol. The van der Waals surface area contributed by atoms with Gasteiger partial charge in [0.25, 0.3) is 0 Å². The first-order valence-corrected chi connectivity index (χ1v) is 8.10. The molecule has 1 fully saturated rings. The van der Waals surface area contributed by atoms with Crippen molar-refractivity contribution in [2.24, 2.45) is 5.92 Å². The van der Waals surface area contributed by atoms with E-state index in [2.05, 4.69) is 6.92 Å². The molecule has 0 saturated heterocycles. The number of carbonyl (C=O) groups excluding carboxylic acids is 1. The van der Waals surface area contributed by atoms with E-state index in [-0.39, 0.29) is 22.6 Å². The van der Waals surface area contributed by atoms with Gasteiger partial charge in [-0.1, -0.05) is 19.8 Å². The van der Waals surface area contributed by atoms with Crippen LogP contribution in [0.15, 0.2) is 24.3 Å². The van der Waals surface area contributed by atoms with Crippen LogP contribution < -0.4 is 0 Å². The van der Waals surface area contributed by atoms with Gasteiger partial charge in [0.1, 0.15) is 5.82 Å². The van der Waals surface area contributed by atoms with Crippen molar-refractivity contribution in [2.45, 2.75) is 37.9 Å². The minimum absolute atomic E-state index is 0.0586. The van der Waals surface area contributed by atoms with Crippen LogP contribution in [0.25, 0.3) is 0 Å². The van der Waals surface area contributed by atoms with Gasteiger partial charge < -0.3 is 0 Å². The smallest absolute Gasteiger partial charge is 0.175 e. The standard InChI is InChI=1S/C15H19FO2S/c1-11-3-2-4-14(9-11)19(18)10-15(17)12-5-7-13(16)8-6-12/h5-8,11,14H,2-4,9-10H2,1H3. The Morgan fingerprint density at radius 1 is 1.32 bits per heavy atom. The van der Waals surface area contributed by atoms with E-state index in [1.807, 2.05) is 0 Å². The van der Waals surface area contributed by atoms with Gasteiger partial charge in [-0.25, -0.2) is 4.39 Å². The number of ketones is 1. The second-order valence-corrected chi connectivity index (χ2v) is 7.07. The lowest BCUT2D eigenvalue weighted by atomic mass is 9.91. The van der Waals surface area contributed by atoms with Crippen LogP contribution in [0.3, 0.4) is 0 Å². The maximum Gasteiger partial charge on any atom is 0.175 e. The van der Waals surface area contributed by atoms with Crippen LogP contribution in [-0.4, -0.2) is 21.0 Å². The number of Topliss-reactive ketones (excluding diaryl/α,β-unsaturated/α-hetero) is 1. The van der Waals surface area contributed by atoms with Crippen LogP contribution in [0.2, 0.25) is 0 Å². The highest BCUT2D eigenvalue weighted by molar-refractivity contribution is 7.86. The van der Waals surface area contributed by atoms with Gasteiger partial charge in [0.15, 0.2) is 5.78 Å². The molecule has 1 aromatic carbocycles. The van der Waals surface area contributed by atoms with E-state index in [4.69, 9.17) is 0 Å². The van der Waals surface area contributed by atoms with Crippen molar-refractivity contribution in [2.75, 3.05) is 5.75 Å². The van der Waals surface area contributed by atoms with Gasteiger partial charge in [-0.2, -0.15) is 0 Å². The Morgan fingerprint density at radius 2 is 2.00 bits per heavy atom. The molecule has 1 saturated carbocycles. The predicted octanol–water partition coefficient (Wildman–Crippen LogP) is 3.34. The third-order valence-electron chi connectivity index (χ3n) is 3.70. The monoisotopic (exact) mass is 282 g/mol. The van der Waals surface area contributed by atoms with E-state index in [1.165, 1.54) is 30.7 Å². The molecule has 0 spiro atoms. The third kappa shape index (κ3) is 3.96. The number of carbonyl (C=O) groups is 1. The zero-order valence-corrected chi connectivity index (χ0v) is 11.9. The Balaban J connectivity index is 1.94. The summed E-state index contributed by atoms with van der Waals surface area (Å²) in [4.78, 5) is 12.0. The molecule has 0 radical (unpaired) electrons. The van der Waals surface area contributed by atoms with Gasteiger partial charge >= 0.3 is 0 Å². The summed E-state index contributed by atoms with van der Waals surface area (Å²) in [5.41, 5.74) is 0.443. The van der Waals surface area contributed by atoms with E-state index >= 15 is 0 Å². The summed E-state index contributed by atoms with van der Waals surface area (Å²) < 4.78 is 25.0. The van der Waals surface area contributed by atoms with Gasteiger partial charge in [-0.05, 0) is 43.0 Å². The number of hydrogen-bond acceptors (Lipinski definition) is 2. The van der Waals surface area contributed by atoms with Crippen LogP contribution in [-0.2, 0) is 10.8 Å². The molecule has 0 N–H and O–H groups in total. The fourth-order valence-electron chi connectivity index (χ4n) is 2.58. The molecule has 0 aliphatic heterocycles. The molecule has 0 amide bonds. The largest absolute Gasteiger partial charge is 0.293 e. The van der Waals surface area contributed by atoms with Gasteiger partial charge in [-0.3, -0.25) is 9.00 Å². The topological polar surface area (TPSA) is 34.1 Å². The zero-order valence-electron chi connectivity index (χ0n) is 11.1. The highest BCUT2D eigenvalue weighted by atomic mass is 32.2. The van der Waals surface area contributed by atoms with E-state index in [9.17, 15) is 13.4 Å². The van der Waals surface area contributed by atoms with Gasteiger partial charge in [0, 0.05) is 21.6 Å². The maximum absolute atomic E-state index is 12.8. The van der Waals surface area contributed by atoms with Crippen molar-refractivity contribution in [3.05, 3.63) is 35.6 Å². The molecule has 0 aromatic heterocycles. The average Bonchev–Trinajstić information content (AvgIpc) is 2.39. The third-order valence-corrected chi connectivity index (χ3v) is 5.42. The molecule has 0 bridgehead atoms. The molecule has 104 valence electrons.